The number of aromatic nitrogens is 1. The Bertz CT molecular complexity index is 1100. The largest absolute Gasteiger partial charge is 0.512 e. The van der Waals surface area contributed by atoms with Gasteiger partial charge in [-0.25, -0.2) is 9.78 Å². The number of aliphatic hydroxyl groups is 1. The third-order valence-electron chi connectivity index (χ3n) is 6.09. The average molecular weight is 472 g/mol. The van der Waals surface area contributed by atoms with Crippen molar-refractivity contribution in [2.45, 2.75) is 98.2 Å². The molecule has 0 fully saturated rings. The van der Waals surface area contributed by atoms with E-state index in [-0.39, 0.29) is 11.7 Å². The topological polar surface area (TPSA) is 79.7 Å². The molecule has 6 heteroatoms. The lowest BCUT2D eigenvalue weighted by Gasteiger charge is -2.30. The molecule has 0 amide bonds. The second kappa shape index (κ2) is 9.98. The summed E-state index contributed by atoms with van der Waals surface area (Å²) >= 11 is 1.72. The minimum Gasteiger partial charge on any atom is -0.512 e. The summed E-state index contributed by atoms with van der Waals surface area (Å²) in [4.78, 5) is 19.6. The predicted octanol–water partition coefficient (Wildman–Crippen LogP) is 7.33. The molecule has 0 aromatic carbocycles. The highest BCUT2D eigenvalue weighted by Gasteiger charge is 2.36. The van der Waals surface area contributed by atoms with Gasteiger partial charge in [-0.05, 0) is 83.9 Å². The van der Waals surface area contributed by atoms with E-state index in [1.165, 1.54) is 16.9 Å². The molecule has 2 heterocycles. The second-order valence-electron chi connectivity index (χ2n) is 9.67. The molecule has 0 saturated carbocycles. The molecule has 0 aliphatic heterocycles. The molecule has 2 aromatic rings. The number of hydrogen-bond acceptors (Lipinski definition) is 5. The number of aliphatic carboxylic acids is 1. The third kappa shape index (κ3) is 5.17. The van der Waals surface area contributed by atoms with Gasteiger partial charge in [0, 0.05) is 27.4 Å². The number of carbonyl (C=O) groups is 1. The Morgan fingerprint density at radius 1 is 1.21 bits per heavy atom. The van der Waals surface area contributed by atoms with E-state index < -0.39 is 17.7 Å². The van der Waals surface area contributed by atoms with E-state index in [1.54, 1.807) is 17.4 Å². The number of rotatable bonds is 4. The van der Waals surface area contributed by atoms with Crippen molar-refractivity contribution in [3.8, 4) is 0 Å². The molecule has 0 saturated heterocycles. The monoisotopic (exact) mass is 471 g/mol. The van der Waals surface area contributed by atoms with E-state index in [9.17, 15) is 15.0 Å². The molecule has 5 nitrogen and oxygen atoms in total. The van der Waals surface area contributed by atoms with Crippen molar-refractivity contribution in [2.75, 3.05) is 0 Å². The summed E-state index contributed by atoms with van der Waals surface area (Å²) in [5.74, 6) is -1.05. The van der Waals surface area contributed by atoms with Crippen LogP contribution in [0.5, 0.6) is 0 Å². The molecular weight excluding hydrogens is 434 g/mol. The maximum Gasteiger partial charge on any atom is 0.337 e. The molecule has 2 aromatic heterocycles. The van der Waals surface area contributed by atoms with Gasteiger partial charge in [-0.15, -0.1) is 11.3 Å². The lowest BCUT2D eigenvalue weighted by Crippen LogP contribution is -2.29. The zero-order chi connectivity index (χ0) is 24.5. The Labute approximate surface area is 201 Å². The van der Waals surface area contributed by atoms with Gasteiger partial charge in [0.15, 0.2) is 6.10 Å². The maximum absolute atomic E-state index is 12.4. The van der Waals surface area contributed by atoms with Gasteiger partial charge >= 0.3 is 5.97 Å². The highest BCUT2D eigenvalue weighted by Crippen LogP contribution is 2.47. The molecule has 0 spiro atoms. The molecule has 0 radical (unpaired) electrons. The molecular formula is C27H37NO4S. The van der Waals surface area contributed by atoms with E-state index in [1.807, 2.05) is 48.5 Å². The quantitative estimate of drug-likeness (QED) is 0.488. The van der Waals surface area contributed by atoms with Crippen molar-refractivity contribution in [1.82, 2.24) is 4.98 Å². The van der Waals surface area contributed by atoms with Gasteiger partial charge in [-0.2, -0.15) is 0 Å². The molecule has 180 valence electrons. The number of aliphatic hydroxyl groups excluding tert-OH is 1. The van der Waals surface area contributed by atoms with Crippen LogP contribution in [0, 0.1) is 6.92 Å². The van der Waals surface area contributed by atoms with Crippen molar-refractivity contribution in [3.63, 3.8) is 0 Å². The van der Waals surface area contributed by atoms with Crippen LogP contribution in [0.2, 0.25) is 0 Å². The Hall–Kier alpha value is -2.18. The fourth-order valence-electron chi connectivity index (χ4n) is 4.81. The summed E-state index contributed by atoms with van der Waals surface area (Å²) in [7, 11) is 0. The van der Waals surface area contributed by atoms with Crippen LogP contribution in [-0.4, -0.2) is 26.8 Å². The first-order valence-corrected chi connectivity index (χ1v) is 12.8. The Morgan fingerprint density at radius 3 is 2.48 bits per heavy atom. The summed E-state index contributed by atoms with van der Waals surface area (Å²) in [6.07, 6.45) is 7.68. The summed E-state index contributed by atoms with van der Waals surface area (Å²) < 4.78 is 6.07. The van der Waals surface area contributed by atoms with Crippen LogP contribution in [-0.2, 0) is 22.4 Å². The summed E-state index contributed by atoms with van der Waals surface area (Å²) in [5.41, 5.74) is 3.81. The van der Waals surface area contributed by atoms with E-state index in [0.29, 0.717) is 17.7 Å². The second-order valence-corrected chi connectivity index (χ2v) is 10.8. The number of aryl methyl sites for hydroxylation is 3. The zero-order valence-electron chi connectivity index (χ0n) is 20.9. The number of allylic oxidation sites excluding steroid dienone is 4. The highest BCUT2D eigenvalue weighted by molar-refractivity contribution is 7.18. The molecule has 2 N–H and O–H groups in total. The van der Waals surface area contributed by atoms with Crippen molar-refractivity contribution in [3.05, 3.63) is 50.7 Å². The van der Waals surface area contributed by atoms with E-state index in [0.717, 1.165) is 40.6 Å². The van der Waals surface area contributed by atoms with Crippen LogP contribution in [0.3, 0.4) is 0 Å². The minimum absolute atomic E-state index is 0.281. The maximum atomic E-state index is 12.4. The van der Waals surface area contributed by atoms with E-state index in [2.05, 4.69) is 6.08 Å². The van der Waals surface area contributed by atoms with Crippen molar-refractivity contribution >= 4 is 27.5 Å². The number of hydrogen-bond donors (Lipinski definition) is 2. The standard InChI is InChI=1S/C25H31NO4S.C2H6/c1-13-10-11-15(17(27)12-13)20-19(22(24(28)29)30-25(3,4)5)14(2)26-23-21(20)16-8-6-7-9-18(16)31-23;1-2/h10,12,15,22,27H,6-9,11H2,1-5H3,(H,28,29);1-2H3/t15-,22+;/m1./s1. The Kier molecular flexibility index (Phi) is 7.69. The SMILES string of the molecule is CC.CC1=CC[C@@H](c2c([C@H](OC(C)(C)C)C(=O)O)c(C)nc3sc4c(c23)CCCC4)C(O)=C1. The molecule has 2 aliphatic rings. The van der Waals surface area contributed by atoms with Crippen LogP contribution in [0.15, 0.2) is 23.5 Å². The highest BCUT2D eigenvalue weighted by atomic mass is 32.1. The average Bonchev–Trinajstić information content (AvgIpc) is 3.10. The van der Waals surface area contributed by atoms with Crippen molar-refractivity contribution in [1.29, 1.82) is 0 Å². The summed E-state index contributed by atoms with van der Waals surface area (Å²) in [5, 5.41) is 22.2. The van der Waals surface area contributed by atoms with Crippen molar-refractivity contribution < 1.29 is 19.7 Å². The van der Waals surface area contributed by atoms with Crippen LogP contribution in [0.25, 0.3) is 10.2 Å². The third-order valence-corrected chi connectivity index (χ3v) is 7.27. The van der Waals surface area contributed by atoms with Gasteiger partial charge in [0.2, 0.25) is 0 Å². The number of pyridine rings is 1. The van der Waals surface area contributed by atoms with Crippen molar-refractivity contribution in [2.24, 2.45) is 0 Å². The minimum atomic E-state index is -1.15. The normalized spacial score (nSPS) is 19.2. The van der Waals surface area contributed by atoms with Gasteiger partial charge in [0.25, 0.3) is 0 Å². The molecule has 2 atom stereocenters. The van der Waals surface area contributed by atoms with Crippen LogP contribution < -0.4 is 0 Å². The van der Waals surface area contributed by atoms with E-state index >= 15 is 0 Å². The smallest absolute Gasteiger partial charge is 0.337 e. The molecule has 0 bridgehead atoms. The van der Waals surface area contributed by atoms with Gasteiger partial charge in [-0.1, -0.05) is 25.5 Å². The first kappa shape index (κ1) is 25.4. The predicted molar refractivity (Wildman–Crippen MR) is 135 cm³/mol. The van der Waals surface area contributed by atoms with Gasteiger partial charge in [0.05, 0.1) is 5.60 Å². The van der Waals surface area contributed by atoms with Gasteiger partial charge < -0.3 is 14.9 Å². The zero-order valence-corrected chi connectivity index (χ0v) is 21.7. The van der Waals surface area contributed by atoms with Gasteiger partial charge in [-0.3, -0.25) is 0 Å². The fourth-order valence-corrected chi connectivity index (χ4v) is 6.14. The van der Waals surface area contributed by atoms with Gasteiger partial charge in [0.1, 0.15) is 10.6 Å². The first-order chi connectivity index (χ1) is 15.6. The number of nitrogens with zero attached hydrogens (tertiary/aromatic N) is 1. The molecule has 0 unspecified atom stereocenters. The number of fused-ring (bicyclic) bond motifs is 3. The summed E-state index contributed by atoms with van der Waals surface area (Å²) in [6, 6.07) is 0. The first-order valence-electron chi connectivity index (χ1n) is 12.0. The van der Waals surface area contributed by atoms with Crippen LogP contribution >= 0.6 is 11.3 Å². The lowest BCUT2D eigenvalue weighted by atomic mass is 9.80. The number of thiophene rings is 1. The van der Waals surface area contributed by atoms with Crippen LogP contribution in [0.4, 0.5) is 0 Å². The molecule has 33 heavy (non-hydrogen) atoms. The number of carboxylic acids is 1. The molecule has 4 rings (SSSR count). The van der Waals surface area contributed by atoms with Crippen LogP contribution in [0.1, 0.15) is 100 Å². The number of ether oxygens (including phenoxy) is 1. The Morgan fingerprint density at radius 2 is 1.88 bits per heavy atom. The van der Waals surface area contributed by atoms with E-state index in [4.69, 9.17) is 9.72 Å². The Balaban J connectivity index is 0.00000149. The summed E-state index contributed by atoms with van der Waals surface area (Å²) in [6.45, 7) is 13.4. The lowest BCUT2D eigenvalue weighted by molar-refractivity contribution is -0.160. The number of carboxylic acid groups (broad SMARTS) is 1. The fraction of sp³-hybridized carbons (Fsp3) is 0.556. The molecule has 2 aliphatic carbocycles.